The average Bonchev–Trinajstić information content (AvgIpc) is 2.74. The highest BCUT2D eigenvalue weighted by Crippen LogP contribution is 2.36. The van der Waals surface area contributed by atoms with Crippen LogP contribution in [0.5, 0.6) is 0 Å². The van der Waals surface area contributed by atoms with E-state index in [4.69, 9.17) is 4.74 Å². The van der Waals surface area contributed by atoms with Gasteiger partial charge in [0.15, 0.2) is 0 Å². The van der Waals surface area contributed by atoms with Crippen molar-refractivity contribution in [2.45, 2.75) is 59.3 Å². The molecule has 9 heteroatoms. The second-order valence-electron chi connectivity index (χ2n) is 8.42. The summed E-state index contributed by atoms with van der Waals surface area (Å²) >= 11 is 0. The van der Waals surface area contributed by atoms with Crippen molar-refractivity contribution in [3.8, 4) is 0 Å². The zero-order valence-corrected chi connectivity index (χ0v) is 19.4. The van der Waals surface area contributed by atoms with Crippen LogP contribution < -0.4 is 15.8 Å². The molecule has 0 atom stereocenters. The molecule has 33 heavy (non-hydrogen) atoms. The molecule has 2 N–H and O–H groups in total. The highest BCUT2D eigenvalue weighted by Gasteiger charge is 2.34. The topological polar surface area (TPSA) is 74.4 Å². The van der Waals surface area contributed by atoms with Gasteiger partial charge in [0.2, 0.25) is 0 Å². The number of aromatic nitrogens is 1. The molecule has 1 aliphatic heterocycles. The predicted molar refractivity (Wildman–Crippen MR) is 121 cm³/mol. The highest BCUT2D eigenvalue weighted by atomic mass is 19.4. The number of anilines is 1. The number of nitrogens with one attached hydrogen (secondary N) is 2. The van der Waals surface area contributed by atoms with Crippen molar-refractivity contribution < 1.29 is 22.7 Å². The molecule has 0 radical (unpaired) electrons. The molecule has 2 heterocycles. The van der Waals surface area contributed by atoms with E-state index in [1.165, 1.54) is 0 Å². The first-order valence-electron chi connectivity index (χ1n) is 11.1. The number of alkyl halides is 3. The Hall–Kier alpha value is -2.81. The largest absolute Gasteiger partial charge is 0.416 e. The number of amides is 1. The number of ether oxygens (including phenoxy) is 1. The number of aromatic amines is 1. The number of benzene rings is 1. The number of carbonyl (C=O) groups excluding carboxylic acids is 1. The Balaban J connectivity index is 1.97. The number of H-pyrrole nitrogens is 1. The summed E-state index contributed by atoms with van der Waals surface area (Å²) in [5.74, 6) is -0.651. The molecule has 180 valence electrons. The summed E-state index contributed by atoms with van der Waals surface area (Å²) in [5.41, 5.74) is 1.39. The van der Waals surface area contributed by atoms with Gasteiger partial charge in [-0.15, -0.1) is 0 Å². The Morgan fingerprint density at radius 2 is 1.85 bits per heavy atom. The molecule has 1 saturated heterocycles. The number of hydrogen-bond donors (Lipinski definition) is 2. The molecule has 0 spiro atoms. The fraction of sp³-hybridized carbons (Fsp3) is 0.500. The van der Waals surface area contributed by atoms with Crippen LogP contribution in [-0.4, -0.2) is 36.7 Å². The lowest BCUT2D eigenvalue weighted by Crippen LogP contribution is -2.40. The van der Waals surface area contributed by atoms with Crippen molar-refractivity contribution in [1.82, 2.24) is 10.3 Å². The van der Waals surface area contributed by atoms with E-state index in [-0.39, 0.29) is 23.7 Å². The Morgan fingerprint density at radius 3 is 2.42 bits per heavy atom. The monoisotopic (exact) mass is 465 g/mol. The standard InChI is InChI=1S/C24H30F3N3O3/c1-5-30(18-6-8-33-9-7-18)21-12-17(24(25,26)27)11-19(16(21)4)22(31)28-13-20-14(2)10-15(3)29-23(20)32/h10-12,18H,5-9,13H2,1-4H3,(H,28,31)(H,29,32). The van der Waals surface area contributed by atoms with Gasteiger partial charge in [0.25, 0.3) is 11.5 Å². The third-order valence-corrected chi connectivity index (χ3v) is 6.15. The van der Waals surface area contributed by atoms with Crippen molar-refractivity contribution in [3.05, 3.63) is 62.1 Å². The van der Waals surface area contributed by atoms with Gasteiger partial charge in [-0.3, -0.25) is 9.59 Å². The molecule has 1 amide bonds. The molecule has 1 fully saturated rings. The Bertz CT molecular complexity index is 1070. The van der Waals surface area contributed by atoms with Gasteiger partial charge in [0, 0.05) is 54.9 Å². The SMILES string of the molecule is CCN(c1cc(C(F)(F)F)cc(C(=O)NCc2c(C)cc(C)[nH]c2=O)c1C)C1CCOCC1. The average molecular weight is 466 g/mol. The summed E-state index contributed by atoms with van der Waals surface area (Å²) in [6.45, 7) is 8.59. The van der Waals surface area contributed by atoms with Gasteiger partial charge >= 0.3 is 6.18 Å². The first-order chi connectivity index (χ1) is 15.5. The fourth-order valence-corrected chi connectivity index (χ4v) is 4.38. The molecule has 1 aromatic carbocycles. The van der Waals surface area contributed by atoms with E-state index in [0.29, 0.717) is 60.7 Å². The predicted octanol–water partition coefficient (Wildman–Crippen LogP) is 4.25. The minimum absolute atomic E-state index is 0.0376. The van der Waals surface area contributed by atoms with Crippen molar-refractivity contribution in [2.24, 2.45) is 0 Å². The zero-order chi connectivity index (χ0) is 24.3. The lowest BCUT2D eigenvalue weighted by Gasteiger charge is -2.37. The van der Waals surface area contributed by atoms with Crippen LogP contribution in [-0.2, 0) is 17.5 Å². The minimum Gasteiger partial charge on any atom is -0.381 e. The molecule has 3 rings (SSSR count). The maximum atomic E-state index is 13.7. The number of nitrogens with zero attached hydrogens (tertiary/aromatic N) is 1. The minimum atomic E-state index is -4.60. The number of halogens is 3. The lowest BCUT2D eigenvalue weighted by atomic mass is 9.98. The van der Waals surface area contributed by atoms with Crippen LogP contribution in [0.25, 0.3) is 0 Å². The first kappa shape index (κ1) is 24.8. The Kier molecular flexibility index (Phi) is 7.51. The molecule has 2 aromatic rings. The van der Waals surface area contributed by atoms with Crippen molar-refractivity contribution in [2.75, 3.05) is 24.7 Å². The summed E-state index contributed by atoms with van der Waals surface area (Å²) < 4.78 is 46.6. The maximum Gasteiger partial charge on any atom is 0.416 e. The van der Waals surface area contributed by atoms with E-state index in [0.717, 1.165) is 12.1 Å². The first-order valence-corrected chi connectivity index (χ1v) is 11.1. The van der Waals surface area contributed by atoms with Crippen LogP contribution in [0.2, 0.25) is 0 Å². The molecule has 0 aliphatic carbocycles. The smallest absolute Gasteiger partial charge is 0.381 e. The quantitative estimate of drug-likeness (QED) is 0.669. The number of carbonyl (C=O) groups is 1. The van der Waals surface area contributed by atoms with Crippen molar-refractivity contribution in [1.29, 1.82) is 0 Å². The highest BCUT2D eigenvalue weighted by molar-refractivity contribution is 5.97. The zero-order valence-electron chi connectivity index (χ0n) is 19.4. The molecule has 1 aliphatic rings. The van der Waals surface area contributed by atoms with Crippen LogP contribution in [0.15, 0.2) is 23.0 Å². The van der Waals surface area contributed by atoms with Gasteiger partial charge in [-0.1, -0.05) is 0 Å². The number of hydrogen-bond acceptors (Lipinski definition) is 4. The van der Waals surface area contributed by atoms with Gasteiger partial charge in [0.1, 0.15) is 0 Å². The fourth-order valence-electron chi connectivity index (χ4n) is 4.38. The normalized spacial score (nSPS) is 14.9. The molecule has 0 bridgehead atoms. The number of pyridine rings is 1. The van der Waals surface area contributed by atoms with Crippen LogP contribution in [0.3, 0.4) is 0 Å². The molecular formula is C24H30F3N3O3. The van der Waals surface area contributed by atoms with Crippen LogP contribution in [0.4, 0.5) is 18.9 Å². The van der Waals surface area contributed by atoms with Gasteiger partial charge in [-0.25, -0.2) is 0 Å². The van der Waals surface area contributed by atoms with Crippen molar-refractivity contribution >= 4 is 11.6 Å². The molecule has 0 unspecified atom stereocenters. The second-order valence-corrected chi connectivity index (χ2v) is 8.42. The molecule has 6 nitrogen and oxygen atoms in total. The van der Waals surface area contributed by atoms with Crippen LogP contribution in [0.1, 0.15) is 58.1 Å². The van der Waals surface area contributed by atoms with Crippen molar-refractivity contribution in [3.63, 3.8) is 0 Å². The summed E-state index contributed by atoms with van der Waals surface area (Å²) in [4.78, 5) is 29.9. The lowest BCUT2D eigenvalue weighted by molar-refractivity contribution is -0.137. The summed E-state index contributed by atoms with van der Waals surface area (Å²) in [7, 11) is 0. The van der Waals surface area contributed by atoms with E-state index in [1.807, 2.05) is 11.8 Å². The number of aryl methyl sites for hydroxylation is 2. The Labute approximate surface area is 191 Å². The molecule has 0 saturated carbocycles. The maximum absolute atomic E-state index is 13.7. The van der Waals surface area contributed by atoms with Crippen LogP contribution >= 0.6 is 0 Å². The third kappa shape index (κ3) is 5.58. The van der Waals surface area contributed by atoms with E-state index in [2.05, 4.69) is 10.3 Å². The van der Waals surface area contributed by atoms with Gasteiger partial charge in [-0.05, 0) is 69.9 Å². The van der Waals surface area contributed by atoms with E-state index >= 15 is 0 Å². The second kappa shape index (κ2) is 9.99. The number of rotatable bonds is 6. The van der Waals surface area contributed by atoms with Gasteiger partial charge in [0.05, 0.1) is 5.56 Å². The summed E-state index contributed by atoms with van der Waals surface area (Å²) in [6, 6.07) is 3.83. The van der Waals surface area contributed by atoms with E-state index in [1.54, 1.807) is 26.8 Å². The van der Waals surface area contributed by atoms with Crippen LogP contribution in [0, 0.1) is 20.8 Å². The van der Waals surface area contributed by atoms with E-state index in [9.17, 15) is 22.8 Å². The van der Waals surface area contributed by atoms with Gasteiger partial charge in [-0.2, -0.15) is 13.2 Å². The Morgan fingerprint density at radius 1 is 1.18 bits per heavy atom. The van der Waals surface area contributed by atoms with Gasteiger partial charge < -0.3 is 19.9 Å². The summed E-state index contributed by atoms with van der Waals surface area (Å²) in [5, 5.41) is 2.63. The third-order valence-electron chi connectivity index (χ3n) is 6.15. The van der Waals surface area contributed by atoms with E-state index < -0.39 is 17.6 Å². The molecular weight excluding hydrogens is 435 g/mol. The summed E-state index contributed by atoms with van der Waals surface area (Å²) in [6.07, 6.45) is -3.18. The molecule has 1 aromatic heterocycles.